The van der Waals surface area contributed by atoms with Crippen LogP contribution in [0.4, 0.5) is 5.69 Å². The van der Waals surface area contributed by atoms with E-state index in [9.17, 15) is 10.1 Å². The van der Waals surface area contributed by atoms with E-state index < -0.39 is 5.97 Å². The lowest BCUT2D eigenvalue weighted by atomic mass is 9.95. The first kappa shape index (κ1) is 17.2. The Kier molecular flexibility index (Phi) is 4.91. The summed E-state index contributed by atoms with van der Waals surface area (Å²) in [6, 6.07) is 5.22. The predicted octanol–water partition coefficient (Wildman–Crippen LogP) is 2.51. The lowest BCUT2D eigenvalue weighted by Crippen LogP contribution is -2.34. The molecule has 1 saturated heterocycles. The number of halogens is 1. The van der Waals surface area contributed by atoms with Gasteiger partial charge in [-0.1, -0.05) is 11.6 Å². The summed E-state index contributed by atoms with van der Waals surface area (Å²) in [6.45, 7) is 1.51. The van der Waals surface area contributed by atoms with Gasteiger partial charge in [-0.05, 0) is 25.0 Å². The highest BCUT2D eigenvalue weighted by Gasteiger charge is 2.27. The SMILES string of the molecule is COC(=O)c1cc(Cl)c(N2CCC(c3nncn3C)CC2)c(C#N)c1. The van der Waals surface area contributed by atoms with Gasteiger partial charge in [-0.3, -0.25) is 0 Å². The third kappa shape index (κ3) is 3.30. The van der Waals surface area contributed by atoms with Crippen LogP contribution in [-0.2, 0) is 11.8 Å². The van der Waals surface area contributed by atoms with Crippen LogP contribution in [0.5, 0.6) is 0 Å². The molecule has 0 atom stereocenters. The quantitative estimate of drug-likeness (QED) is 0.783. The Hall–Kier alpha value is -2.59. The third-order valence-electron chi connectivity index (χ3n) is 4.53. The Morgan fingerprint density at radius 3 is 2.68 bits per heavy atom. The molecule has 1 fully saturated rings. The van der Waals surface area contributed by atoms with E-state index in [0.29, 0.717) is 22.2 Å². The van der Waals surface area contributed by atoms with Gasteiger partial charge in [0.05, 0.1) is 28.9 Å². The van der Waals surface area contributed by atoms with Gasteiger partial charge in [-0.25, -0.2) is 4.79 Å². The number of benzene rings is 1. The molecule has 3 rings (SSSR count). The molecule has 0 aliphatic carbocycles. The molecule has 2 aromatic rings. The highest BCUT2D eigenvalue weighted by molar-refractivity contribution is 6.34. The van der Waals surface area contributed by atoms with Crippen LogP contribution >= 0.6 is 11.6 Å². The van der Waals surface area contributed by atoms with Crippen molar-refractivity contribution in [1.82, 2.24) is 14.8 Å². The van der Waals surface area contributed by atoms with Gasteiger partial charge < -0.3 is 14.2 Å². The fourth-order valence-corrected chi connectivity index (χ4v) is 3.60. The van der Waals surface area contributed by atoms with E-state index in [2.05, 4.69) is 21.2 Å². The molecule has 25 heavy (non-hydrogen) atoms. The van der Waals surface area contributed by atoms with Gasteiger partial charge in [-0.2, -0.15) is 5.26 Å². The van der Waals surface area contributed by atoms with Crippen molar-refractivity contribution in [3.05, 3.63) is 40.4 Å². The average Bonchev–Trinajstić information content (AvgIpc) is 3.06. The number of aromatic nitrogens is 3. The molecule has 0 unspecified atom stereocenters. The minimum absolute atomic E-state index is 0.279. The number of hydrogen-bond donors (Lipinski definition) is 0. The molecule has 130 valence electrons. The number of nitrogens with zero attached hydrogens (tertiary/aromatic N) is 5. The second-order valence-corrected chi connectivity index (χ2v) is 6.43. The first-order chi connectivity index (χ1) is 12.0. The molecule has 1 aromatic carbocycles. The smallest absolute Gasteiger partial charge is 0.337 e. The molecule has 1 aliphatic rings. The second-order valence-electron chi connectivity index (χ2n) is 6.02. The van der Waals surface area contributed by atoms with Crippen molar-refractivity contribution in [2.45, 2.75) is 18.8 Å². The van der Waals surface area contributed by atoms with E-state index in [4.69, 9.17) is 16.3 Å². The summed E-state index contributed by atoms with van der Waals surface area (Å²) in [6.07, 6.45) is 3.50. The molecule has 1 aliphatic heterocycles. The lowest BCUT2D eigenvalue weighted by molar-refractivity contribution is 0.0600. The summed E-state index contributed by atoms with van der Waals surface area (Å²) in [7, 11) is 3.24. The molecule has 8 heteroatoms. The van der Waals surface area contributed by atoms with Crippen molar-refractivity contribution < 1.29 is 9.53 Å². The van der Waals surface area contributed by atoms with Crippen LogP contribution in [-0.4, -0.2) is 40.9 Å². The zero-order valence-corrected chi connectivity index (χ0v) is 14.8. The molecule has 2 heterocycles. The maximum Gasteiger partial charge on any atom is 0.337 e. The van der Waals surface area contributed by atoms with Crippen LogP contribution in [0.25, 0.3) is 0 Å². The zero-order chi connectivity index (χ0) is 18.0. The summed E-state index contributed by atoms with van der Waals surface area (Å²) in [5, 5.41) is 18.0. The largest absolute Gasteiger partial charge is 0.465 e. The van der Waals surface area contributed by atoms with Crippen molar-refractivity contribution >= 4 is 23.3 Å². The number of anilines is 1. The molecule has 0 bridgehead atoms. The number of carbonyl (C=O) groups excluding carboxylic acids is 1. The number of methoxy groups -OCH3 is 1. The lowest BCUT2D eigenvalue weighted by Gasteiger charge is -2.34. The van der Waals surface area contributed by atoms with Crippen molar-refractivity contribution in [1.29, 1.82) is 5.26 Å². The van der Waals surface area contributed by atoms with Gasteiger partial charge in [0.25, 0.3) is 0 Å². The minimum Gasteiger partial charge on any atom is -0.465 e. The standard InChI is InChI=1S/C17H18ClN5O2/c1-22-10-20-21-16(22)11-3-5-23(6-4-11)15-13(9-19)7-12(8-14(15)18)17(24)25-2/h7-8,10-11H,3-6H2,1-2H3. The molecule has 7 nitrogen and oxygen atoms in total. The van der Waals surface area contributed by atoms with Crippen LogP contribution in [0.3, 0.4) is 0 Å². The average molecular weight is 360 g/mol. The molecule has 0 radical (unpaired) electrons. The Balaban J connectivity index is 1.83. The summed E-state index contributed by atoms with van der Waals surface area (Å²) < 4.78 is 6.65. The number of piperidine rings is 1. The summed E-state index contributed by atoms with van der Waals surface area (Å²) in [4.78, 5) is 13.8. The number of esters is 1. The summed E-state index contributed by atoms with van der Waals surface area (Å²) in [5.41, 5.74) is 1.33. The second kappa shape index (κ2) is 7.11. The zero-order valence-electron chi connectivity index (χ0n) is 14.1. The van der Waals surface area contributed by atoms with Gasteiger partial charge in [-0.15, -0.1) is 10.2 Å². The molecule has 0 amide bonds. The maximum atomic E-state index is 11.7. The molecule has 0 N–H and O–H groups in total. The Morgan fingerprint density at radius 2 is 2.12 bits per heavy atom. The van der Waals surface area contributed by atoms with Crippen LogP contribution < -0.4 is 4.90 Å². The first-order valence-corrected chi connectivity index (χ1v) is 8.33. The van der Waals surface area contributed by atoms with Gasteiger partial charge in [0.1, 0.15) is 18.2 Å². The fourth-order valence-electron chi connectivity index (χ4n) is 3.26. The highest BCUT2D eigenvalue weighted by atomic mass is 35.5. The van der Waals surface area contributed by atoms with Gasteiger partial charge >= 0.3 is 5.97 Å². The monoisotopic (exact) mass is 359 g/mol. The first-order valence-electron chi connectivity index (χ1n) is 7.96. The van der Waals surface area contributed by atoms with Gasteiger partial charge in [0, 0.05) is 26.1 Å². The summed E-state index contributed by atoms with van der Waals surface area (Å²) in [5.74, 6) is 0.806. The molecular weight excluding hydrogens is 342 g/mol. The molecule has 0 spiro atoms. The van der Waals surface area contributed by atoms with E-state index >= 15 is 0 Å². The van der Waals surface area contributed by atoms with E-state index in [1.54, 1.807) is 12.4 Å². The molecule has 1 aromatic heterocycles. The van der Waals surface area contributed by atoms with Crippen molar-refractivity contribution in [2.24, 2.45) is 7.05 Å². The Labute approximate surface area is 150 Å². The van der Waals surface area contributed by atoms with Crippen molar-refractivity contribution in [3.63, 3.8) is 0 Å². The van der Waals surface area contributed by atoms with Crippen molar-refractivity contribution in [3.8, 4) is 6.07 Å². The third-order valence-corrected chi connectivity index (χ3v) is 4.82. The number of hydrogen-bond acceptors (Lipinski definition) is 6. The molecular formula is C17H18ClN5O2. The van der Waals surface area contributed by atoms with Crippen LogP contribution in [0.15, 0.2) is 18.5 Å². The van der Waals surface area contributed by atoms with Crippen LogP contribution in [0.1, 0.15) is 40.5 Å². The van der Waals surface area contributed by atoms with Crippen LogP contribution in [0, 0.1) is 11.3 Å². The van der Waals surface area contributed by atoms with E-state index in [-0.39, 0.29) is 5.56 Å². The number of nitriles is 1. The van der Waals surface area contributed by atoms with Crippen molar-refractivity contribution in [2.75, 3.05) is 25.1 Å². The highest BCUT2D eigenvalue weighted by Crippen LogP contribution is 2.36. The maximum absolute atomic E-state index is 11.7. The predicted molar refractivity (Wildman–Crippen MR) is 92.7 cm³/mol. The minimum atomic E-state index is -0.508. The molecule has 0 saturated carbocycles. The number of rotatable bonds is 3. The Morgan fingerprint density at radius 1 is 1.40 bits per heavy atom. The number of aryl methyl sites for hydroxylation is 1. The van der Waals surface area contributed by atoms with E-state index in [1.807, 2.05) is 11.6 Å². The normalized spacial score (nSPS) is 15.0. The fraction of sp³-hybridized carbons (Fsp3) is 0.412. The number of carbonyl (C=O) groups is 1. The van der Waals surface area contributed by atoms with E-state index in [0.717, 1.165) is 31.8 Å². The van der Waals surface area contributed by atoms with E-state index in [1.165, 1.54) is 13.2 Å². The van der Waals surface area contributed by atoms with Gasteiger partial charge in [0.2, 0.25) is 0 Å². The number of ether oxygens (including phenoxy) is 1. The Bertz CT molecular complexity index is 834. The topological polar surface area (TPSA) is 84.0 Å². The van der Waals surface area contributed by atoms with Crippen LogP contribution in [0.2, 0.25) is 5.02 Å². The van der Waals surface area contributed by atoms with Gasteiger partial charge in [0.15, 0.2) is 0 Å². The summed E-state index contributed by atoms with van der Waals surface area (Å²) >= 11 is 6.38.